The number of rotatable bonds is 1. The molecule has 0 saturated carbocycles. The molecular formula is C11H14N2. The molecule has 0 unspecified atom stereocenters. The molecule has 0 spiro atoms. The Morgan fingerprint density at radius 2 is 2.31 bits per heavy atom. The molecule has 2 rings (SSSR count). The lowest BCUT2D eigenvalue weighted by molar-refractivity contribution is 0.643. The molecule has 1 aromatic rings. The van der Waals surface area contributed by atoms with Crippen molar-refractivity contribution in [1.82, 2.24) is 5.32 Å². The van der Waals surface area contributed by atoms with E-state index in [1.807, 2.05) is 19.1 Å². The largest absolute Gasteiger partial charge is 0.312 e. The van der Waals surface area contributed by atoms with Crippen molar-refractivity contribution in [2.75, 3.05) is 6.54 Å². The number of fused-ring (bicyclic) bond motifs is 1. The number of hydrogen-bond donors (Lipinski definition) is 2. The van der Waals surface area contributed by atoms with Gasteiger partial charge < -0.3 is 10.7 Å². The van der Waals surface area contributed by atoms with Crippen molar-refractivity contribution >= 4 is 5.71 Å². The van der Waals surface area contributed by atoms with Gasteiger partial charge in [0.05, 0.1) is 0 Å². The van der Waals surface area contributed by atoms with Crippen molar-refractivity contribution in [3.63, 3.8) is 0 Å². The summed E-state index contributed by atoms with van der Waals surface area (Å²) in [5.41, 5.74) is 4.53. The molecule has 1 aromatic carbocycles. The van der Waals surface area contributed by atoms with Crippen LogP contribution in [0.1, 0.15) is 23.6 Å². The Morgan fingerprint density at radius 3 is 3.08 bits per heavy atom. The molecule has 2 nitrogen and oxygen atoms in total. The molecule has 1 heterocycles. The molecule has 0 aliphatic carbocycles. The molecule has 0 bridgehead atoms. The van der Waals surface area contributed by atoms with Crippen LogP contribution >= 0.6 is 0 Å². The minimum Gasteiger partial charge on any atom is -0.312 e. The van der Waals surface area contributed by atoms with Crippen molar-refractivity contribution in [2.45, 2.75) is 19.9 Å². The van der Waals surface area contributed by atoms with Gasteiger partial charge in [0.1, 0.15) is 0 Å². The maximum absolute atomic E-state index is 7.66. The highest BCUT2D eigenvalue weighted by Crippen LogP contribution is 2.18. The molecule has 0 fully saturated rings. The fourth-order valence-corrected chi connectivity index (χ4v) is 1.88. The Kier molecular flexibility index (Phi) is 2.15. The predicted molar refractivity (Wildman–Crippen MR) is 54.4 cm³/mol. The number of benzene rings is 1. The first kappa shape index (κ1) is 8.45. The smallest absolute Gasteiger partial charge is 0.0358 e. The van der Waals surface area contributed by atoms with Crippen LogP contribution in [0.25, 0.3) is 0 Å². The third-order valence-corrected chi connectivity index (χ3v) is 2.54. The first-order valence-corrected chi connectivity index (χ1v) is 4.66. The highest BCUT2D eigenvalue weighted by Gasteiger charge is 2.12. The van der Waals surface area contributed by atoms with Gasteiger partial charge in [-0.3, -0.25) is 0 Å². The maximum Gasteiger partial charge on any atom is 0.0358 e. The summed E-state index contributed by atoms with van der Waals surface area (Å²) in [5, 5.41) is 11.0. The summed E-state index contributed by atoms with van der Waals surface area (Å²) in [6.45, 7) is 3.85. The minimum absolute atomic E-state index is 0.679. The van der Waals surface area contributed by atoms with E-state index in [1.165, 1.54) is 11.1 Å². The first-order chi connectivity index (χ1) is 6.29. The molecular weight excluding hydrogens is 160 g/mol. The molecule has 1 aliphatic heterocycles. The lowest BCUT2D eigenvalue weighted by Gasteiger charge is -2.19. The van der Waals surface area contributed by atoms with Gasteiger partial charge >= 0.3 is 0 Å². The van der Waals surface area contributed by atoms with E-state index in [9.17, 15) is 0 Å². The number of nitrogens with one attached hydrogen (secondary N) is 2. The summed E-state index contributed by atoms with van der Waals surface area (Å²) in [6, 6.07) is 6.24. The SMILES string of the molecule is CC(=N)c1cccc2c1CCNC2. The van der Waals surface area contributed by atoms with Crippen LogP contribution in [0.4, 0.5) is 0 Å². The normalized spacial score (nSPS) is 15.2. The third kappa shape index (κ3) is 1.49. The molecule has 1 aliphatic rings. The Morgan fingerprint density at radius 1 is 1.46 bits per heavy atom. The summed E-state index contributed by atoms with van der Waals surface area (Å²) in [4.78, 5) is 0. The van der Waals surface area contributed by atoms with E-state index in [4.69, 9.17) is 5.41 Å². The van der Waals surface area contributed by atoms with E-state index < -0.39 is 0 Å². The quantitative estimate of drug-likeness (QED) is 0.625. The van der Waals surface area contributed by atoms with Crippen molar-refractivity contribution in [3.8, 4) is 0 Å². The molecule has 68 valence electrons. The molecule has 0 radical (unpaired) electrons. The highest BCUT2D eigenvalue weighted by molar-refractivity contribution is 5.97. The lowest BCUT2D eigenvalue weighted by Crippen LogP contribution is -2.25. The van der Waals surface area contributed by atoms with Gasteiger partial charge in [0, 0.05) is 12.3 Å². The second kappa shape index (κ2) is 3.30. The van der Waals surface area contributed by atoms with Gasteiger partial charge in [-0.25, -0.2) is 0 Å². The van der Waals surface area contributed by atoms with E-state index >= 15 is 0 Å². The fraction of sp³-hybridized carbons (Fsp3) is 0.364. The topological polar surface area (TPSA) is 35.9 Å². The van der Waals surface area contributed by atoms with E-state index in [0.29, 0.717) is 5.71 Å². The zero-order valence-corrected chi connectivity index (χ0v) is 7.85. The summed E-state index contributed by atoms with van der Waals surface area (Å²) >= 11 is 0. The van der Waals surface area contributed by atoms with Gasteiger partial charge in [0.15, 0.2) is 0 Å². The van der Waals surface area contributed by atoms with E-state index in [-0.39, 0.29) is 0 Å². The Hall–Kier alpha value is -1.15. The Bertz CT molecular complexity index is 342. The van der Waals surface area contributed by atoms with Gasteiger partial charge in [-0.15, -0.1) is 0 Å². The summed E-state index contributed by atoms with van der Waals surface area (Å²) < 4.78 is 0. The van der Waals surface area contributed by atoms with Crippen LogP contribution in [0.3, 0.4) is 0 Å². The third-order valence-electron chi connectivity index (χ3n) is 2.54. The first-order valence-electron chi connectivity index (χ1n) is 4.66. The Balaban J connectivity index is 2.52. The maximum atomic E-state index is 7.66. The van der Waals surface area contributed by atoms with Crippen LogP contribution < -0.4 is 5.32 Å². The number of hydrogen-bond acceptors (Lipinski definition) is 2. The van der Waals surface area contributed by atoms with E-state index in [0.717, 1.165) is 25.1 Å². The van der Waals surface area contributed by atoms with Crippen LogP contribution in [-0.4, -0.2) is 12.3 Å². The average molecular weight is 174 g/mol. The highest BCUT2D eigenvalue weighted by atomic mass is 14.9. The zero-order valence-electron chi connectivity index (χ0n) is 7.85. The van der Waals surface area contributed by atoms with Gasteiger partial charge in [0.25, 0.3) is 0 Å². The zero-order chi connectivity index (χ0) is 9.26. The molecule has 0 saturated heterocycles. The molecule has 13 heavy (non-hydrogen) atoms. The minimum atomic E-state index is 0.679. The van der Waals surface area contributed by atoms with Crippen molar-refractivity contribution in [1.29, 1.82) is 5.41 Å². The van der Waals surface area contributed by atoms with Crippen molar-refractivity contribution in [3.05, 3.63) is 34.9 Å². The summed E-state index contributed by atoms with van der Waals surface area (Å²) in [5.74, 6) is 0. The van der Waals surface area contributed by atoms with E-state index in [2.05, 4.69) is 11.4 Å². The van der Waals surface area contributed by atoms with Crippen LogP contribution in [-0.2, 0) is 13.0 Å². The average Bonchev–Trinajstić information content (AvgIpc) is 2.17. The van der Waals surface area contributed by atoms with E-state index in [1.54, 1.807) is 0 Å². The van der Waals surface area contributed by atoms with Gasteiger partial charge in [-0.2, -0.15) is 0 Å². The second-order valence-corrected chi connectivity index (χ2v) is 3.50. The lowest BCUT2D eigenvalue weighted by atomic mass is 9.93. The fourth-order valence-electron chi connectivity index (χ4n) is 1.88. The second-order valence-electron chi connectivity index (χ2n) is 3.50. The Labute approximate surface area is 78.5 Å². The van der Waals surface area contributed by atoms with Gasteiger partial charge in [-0.05, 0) is 36.6 Å². The molecule has 0 atom stereocenters. The van der Waals surface area contributed by atoms with Gasteiger partial charge in [0.2, 0.25) is 0 Å². The van der Waals surface area contributed by atoms with Crippen LogP contribution in [0.5, 0.6) is 0 Å². The van der Waals surface area contributed by atoms with Crippen molar-refractivity contribution < 1.29 is 0 Å². The monoisotopic (exact) mass is 174 g/mol. The van der Waals surface area contributed by atoms with Crippen molar-refractivity contribution in [2.24, 2.45) is 0 Å². The molecule has 2 N–H and O–H groups in total. The van der Waals surface area contributed by atoms with Gasteiger partial charge in [-0.1, -0.05) is 18.2 Å². The summed E-state index contributed by atoms with van der Waals surface area (Å²) in [7, 11) is 0. The molecule has 0 amide bonds. The predicted octanol–water partition coefficient (Wildman–Crippen LogP) is 1.72. The standard InChI is InChI=1S/C11H14N2/c1-8(12)10-4-2-3-9-7-13-6-5-11(9)10/h2-4,12-13H,5-7H2,1H3. The summed E-state index contributed by atoms with van der Waals surface area (Å²) in [6.07, 6.45) is 1.06. The van der Waals surface area contributed by atoms with Crippen LogP contribution in [0.2, 0.25) is 0 Å². The molecule has 2 heteroatoms. The molecule has 0 aromatic heterocycles. The van der Waals surface area contributed by atoms with Crippen LogP contribution in [0, 0.1) is 5.41 Å². The van der Waals surface area contributed by atoms with Crippen LogP contribution in [0.15, 0.2) is 18.2 Å².